The Morgan fingerprint density at radius 2 is 1.92 bits per heavy atom. The molecule has 1 amide bonds. The quantitative estimate of drug-likeness (QED) is 0.453. The third-order valence-electron chi connectivity index (χ3n) is 7.22. The normalized spacial score (nSPS) is 18.0. The second-order valence-electron chi connectivity index (χ2n) is 9.28. The number of aryl methyl sites for hydroxylation is 1. The van der Waals surface area contributed by atoms with Crippen LogP contribution in [0.3, 0.4) is 0 Å². The van der Waals surface area contributed by atoms with Crippen LogP contribution in [0.25, 0.3) is 0 Å². The summed E-state index contributed by atoms with van der Waals surface area (Å²) in [5.74, 6) is -0.716. The van der Waals surface area contributed by atoms with E-state index < -0.39 is 22.5 Å². The summed E-state index contributed by atoms with van der Waals surface area (Å²) in [6, 6.07) is 13.4. The van der Waals surface area contributed by atoms with Crippen LogP contribution in [0.4, 0.5) is 5.69 Å². The van der Waals surface area contributed by atoms with Gasteiger partial charge in [0.2, 0.25) is 0 Å². The number of hydrogen-bond donors (Lipinski definition) is 2. The standard InChI is InChI=1S/C25H28ClN5O3S.2ClH/c1-30-15-22(29-16-30)35(33,34)31(23(32)14-27)20-8-3-17-9-12-28-24(21(17)13-20)25(10-2-11-25)18-4-6-19(26)7-5-18;;/h3-8,13,15-16,24,28H,2,9-12,14,27H2,1H3;2*1H. The molecule has 5 rings (SSSR count). The fourth-order valence-corrected chi connectivity index (χ4v) is 6.88. The number of hydrogen-bond acceptors (Lipinski definition) is 6. The van der Waals surface area contributed by atoms with Crippen molar-refractivity contribution in [3.05, 3.63) is 76.7 Å². The van der Waals surface area contributed by atoms with Gasteiger partial charge >= 0.3 is 0 Å². The molecule has 1 unspecified atom stereocenters. The summed E-state index contributed by atoms with van der Waals surface area (Å²) in [6.07, 6.45) is 6.71. The maximum Gasteiger partial charge on any atom is 0.289 e. The summed E-state index contributed by atoms with van der Waals surface area (Å²) >= 11 is 6.16. The van der Waals surface area contributed by atoms with E-state index in [9.17, 15) is 13.2 Å². The number of nitrogens with zero attached hydrogens (tertiary/aromatic N) is 3. The van der Waals surface area contributed by atoms with Crippen LogP contribution in [-0.4, -0.2) is 37.0 Å². The molecule has 2 aliphatic rings. The second kappa shape index (κ2) is 11.3. The van der Waals surface area contributed by atoms with Crippen molar-refractivity contribution in [1.82, 2.24) is 14.9 Å². The average molecular weight is 587 g/mol. The number of halogens is 3. The molecule has 0 saturated heterocycles. The van der Waals surface area contributed by atoms with Gasteiger partial charge in [0.25, 0.3) is 15.9 Å². The zero-order chi connectivity index (χ0) is 24.8. The molecule has 1 saturated carbocycles. The van der Waals surface area contributed by atoms with Crippen LogP contribution in [-0.2, 0) is 33.7 Å². The maximum atomic E-state index is 13.5. The van der Waals surface area contributed by atoms with Gasteiger partial charge in [-0.1, -0.05) is 36.2 Å². The summed E-state index contributed by atoms with van der Waals surface area (Å²) in [7, 11) is -2.56. The highest BCUT2D eigenvalue weighted by molar-refractivity contribution is 7.93. The van der Waals surface area contributed by atoms with Crippen LogP contribution < -0.4 is 15.4 Å². The number of fused-ring (bicyclic) bond motifs is 1. The van der Waals surface area contributed by atoms with E-state index in [1.807, 2.05) is 24.3 Å². The third kappa shape index (κ3) is 5.13. The third-order valence-corrected chi connectivity index (χ3v) is 9.11. The molecule has 1 fully saturated rings. The lowest BCUT2D eigenvalue weighted by molar-refractivity contribution is -0.116. The molecule has 12 heteroatoms. The highest BCUT2D eigenvalue weighted by Crippen LogP contribution is 2.54. The Bertz CT molecular complexity index is 1370. The molecule has 1 aliphatic carbocycles. The number of rotatable bonds is 6. The molecule has 200 valence electrons. The first-order valence-corrected chi connectivity index (χ1v) is 13.5. The lowest BCUT2D eigenvalue weighted by Crippen LogP contribution is -2.49. The van der Waals surface area contributed by atoms with Crippen LogP contribution in [0.1, 0.15) is 42.0 Å². The van der Waals surface area contributed by atoms with Gasteiger partial charge in [-0.25, -0.2) is 9.29 Å². The van der Waals surface area contributed by atoms with E-state index in [-0.39, 0.29) is 47.0 Å². The maximum absolute atomic E-state index is 13.5. The zero-order valence-corrected chi connectivity index (χ0v) is 23.5. The number of anilines is 1. The van der Waals surface area contributed by atoms with E-state index in [4.69, 9.17) is 17.3 Å². The second-order valence-corrected chi connectivity index (χ2v) is 11.5. The summed E-state index contributed by atoms with van der Waals surface area (Å²) in [5, 5.41) is 4.18. The van der Waals surface area contributed by atoms with Gasteiger partial charge in [0.1, 0.15) is 0 Å². The minimum atomic E-state index is -4.24. The lowest BCUT2D eigenvalue weighted by atomic mass is 9.58. The molecule has 0 bridgehead atoms. The molecule has 3 N–H and O–H groups in total. The molecule has 1 aliphatic heterocycles. The first-order chi connectivity index (χ1) is 16.8. The number of benzene rings is 2. The fraction of sp³-hybridized carbons (Fsp3) is 0.360. The number of nitrogens with one attached hydrogen (secondary N) is 1. The molecule has 37 heavy (non-hydrogen) atoms. The minimum absolute atomic E-state index is 0. The SMILES string of the molecule is Cl.Cl.Cn1cnc(S(=O)(=O)N(C(=O)CN)c2ccc3c(c2)C(C2(c4ccc(Cl)cc4)CCC2)NCC3)c1. The molecule has 2 heterocycles. The Kier molecular flexibility index (Phi) is 8.99. The van der Waals surface area contributed by atoms with Gasteiger partial charge in [0.05, 0.1) is 18.6 Å². The highest BCUT2D eigenvalue weighted by Gasteiger charge is 2.47. The van der Waals surface area contributed by atoms with E-state index in [2.05, 4.69) is 22.4 Å². The van der Waals surface area contributed by atoms with Gasteiger partial charge in [-0.3, -0.25) is 4.79 Å². The molecule has 8 nitrogen and oxygen atoms in total. The van der Waals surface area contributed by atoms with Gasteiger partial charge in [-0.15, -0.1) is 24.8 Å². The van der Waals surface area contributed by atoms with Crippen LogP contribution in [0, 0.1) is 0 Å². The van der Waals surface area contributed by atoms with Crippen molar-refractivity contribution < 1.29 is 13.2 Å². The van der Waals surface area contributed by atoms with Crippen LogP contribution in [0.5, 0.6) is 0 Å². The smallest absolute Gasteiger partial charge is 0.289 e. The molecule has 1 atom stereocenters. The Hall–Kier alpha value is -2.14. The summed E-state index contributed by atoms with van der Waals surface area (Å²) in [5.41, 5.74) is 9.15. The van der Waals surface area contributed by atoms with Gasteiger partial charge < -0.3 is 15.6 Å². The number of nitrogens with two attached hydrogens (primary N) is 1. The molecule has 3 aromatic rings. The number of imidazole rings is 1. The van der Waals surface area contributed by atoms with Gasteiger partial charge in [-0.05, 0) is 66.8 Å². The molecule has 1 aromatic heterocycles. The van der Waals surface area contributed by atoms with Gasteiger partial charge in [0, 0.05) is 29.7 Å². The number of carbonyl (C=O) groups is 1. The summed E-state index contributed by atoms with van der Waals surface area (Å²) < 4.78 is 29.2. The Balaban J connectivity index is 0.00000190. The Morgan fingerprint density at radius 1 is 1.22 bits per heavy atom. The molecular weight excluding hydrogens is 557 g/mol. The Labute approximate surface area is 234 Å². The van der Waals surface area contributed by atoms with Crippen molar-refractivity contribution in [2.75, 3.05) is 17.4 Å². The largest absolute Gasteiger partial charge is 0.339 e. The number of carbonyl (C=O) groups excluding carboxylic acids is 1. The van der Waals surface area contributed by atoms with Gasteiger partial charge in [-0.2, -0.15) is 8.42 Å². The van der Waals surface area contributed by atoms with Crippen LogP contribution in [0.15, 0.2) is 60.0 Å². The van der Waals surface area contributed by atoms with Crippen LogP contribution in [0.2, 0.25) is 5.02 Å². The highest BCUT2D eigenvalue weighted by atomic mass is 35.5. The van der Waals surface area contributed by atoms with E-state index in [1.54, 1.807) is 13.1 Å². The first-order valence-electron chi connectivity index (χ1n) is 11.6. The van der Waals surface area contributed by atoms with Crippen molar-refractivity contribution in [3.63, 3.8) is 0 Å². The predicted molar refractivity (Wildman–Crippen MR) is 149 cm³/mol. The Morgan fingerprint density at radius 3 is 2.49 bits per heavy atom. The van der Waals surface area contributed by atoms with Crippen molar-refractivity contribution in [2.45, 2.75) is 42.2 Å². The van der Waals surface area contributed by atoms with Crippen molar-refractivity contribution in [1.29, 1.82) is 0 Å². The topological polar surface area (TPSA) is 110 Å². The molecular formula is C25H30Cl3N5O3S. The summed E-state index contributed by atoms with van der Waals surface area (Å²) in [6.45, 7) is 0.379. The van der Waals surface area contributed by atoms with E-state index >= 15 is 0 Å². The van der Waals surface area contributed by atoms with Crippen LogP contribution >= 0.6 is 36.4 Å². The molecule has 0 radical (unpaired) electrons. The monoisotopic (exact) mass is 585 g/mol. The van der Waals surface area contributed by atoms with Crippen molar-refractivity contribution in [3.8, 4) is 0 Å². The molecule has 0 spiro atoms. The van der Waals surface area contributed by atoms with E-state index in [1.165, 1.54) is 22.7 Å². The lowest BCUT2D eigenvalue weighted by Gasteiger charge is -2.50. The van der Waals surface area contributed by atoms with Gasteiger partial charge in [0.15, 0.2) is 5.03 Å². The fourth-order valence-electron chi connectivity index (χ4n) is 5.36. The molecule has 2 aromatic carbocycles. The number of aromatic nitrogens is 2. The zero-order valence-electron chi connectivity index (χ0n) is 20.3. The first kappa shape index (κ1) is 29.4. The van der Waals surface area contributed by atoms with Crippen molar-refractivity contribution in [2.24, 2.45) is 12.8 Å². The number of sulfonamides is 1. The van der Waals surface area contributed by atoms with E-state index in [0.29, 0.717) is 5.02 Å². The van der Waals surface area contributed by atoms with E-state index in [0.717, 1.165) is 47.7 Å². The summed E-state index contributed by atoms with van der Waals surface area (Å²) in [4.78, 5) is 16.8. The van der Waals surface area contributed by atoms with Crippen molar-refractivity contribution >= 4 is 58.0 Å². The average Bonchev–Trinajstić information content (AvgIpc) is 3.27. The predicted octanol–water partition coefficient (Wildman–Crippen LogP) is 3.91. The number of amides is 1. The minimum Gasteiger partial charge on any atom is -0.339 e.